The molecule has 4 N–H and O–H groups in total. The Morgan fingerprint density at radius 3 is 2.63 bits per heavy atom. The Hall–Kier alpha value is -3.53. The monoisotopic (exact) mass is 385 g/mol. The molecular formula is C17H15N5O4S. The van der Waals surface area contributed by atoms with Crippen LogP contribution >= 0.6 is 11.3 Å². The molecule has 3 rings (SSSR count). The lowest BCUT2D eigenvalue weighted by Gasteiger charge is -2.00. The topological polar surface area (TPSA) is 137 Å². The van der Waals surface area contributed by atoms with E-state index in [1.54, 1.807) is 31.2 Å². The van der Waals surface area contributed by atoms with Gasteiger partial charge in [0.15, 0.2) is 10.8 Å². The number of thiazole rings is 1. The highest BCUT2D eigenvalue weighted by Crippen LogP contribution is 2.32. The molecule has 2 heterocycles. The second-order valence-electron chi connectivity index (χ2n) is 5.50. The summed E-state index contributed by atoms with van der Waals surface area (Å²) in [5.41, 5.74) is 1.79. The van der Waals surface area contributed by atoms with Crippen LogP contribution in [0.5, 0.6) is 0 Å². The Labute approximate surface area is 157 Å². The maximum absolute atomic E-state index is 12.2. The lowest BCUT2D eigenvalue weighted by Crippen LogP contribution is -2.29. The van der Waals surface area contributed by atoms with Gasteiger partial charge in [-0.1, -0.05) is 29.5 Å². The van der Waals surface area contributed by atoms with Gasteiger partial charge in [0.2, 0.25) is 0 Å². The average Bonchev–Trinajstić information content (AvgIpc) is 3.27. The van der Waals surface area contributed by atoms with Gasteiger partial charge >= 0.3 is 5.97 Å². The van der Waals surface area contributed by atoms with Gasteiger partial charge in [0.1, 0.15) is 6.54 Å². The molecule has 0 unspecified atom stereocenters. The molecule has 0 saturated heterocycles. The number of hydrogen-bond donors (Lipinski definition) is 4. The van der Waals surface area contributed by atoms with Crippen molar-refractivity contribution in [1.82, 2.24) is 20.5 Å². The smallest absolute Gasteiger partial charge is 0.322 e. The van der Waals surface area contributed by atoms with Crippen molar-refractivity contribution in [3.63, 3.8) is 0 Å². The van der Waals surface area contributed by atoms with Crippen LogP contribution < -0.4 is 10.6 Å². The molecule has 0 aliphatic heterocycles. The number of H-pyrrole nitrogens is 1. The van der Waals surface area contributed by atoms with Crippen molar-refractivity contribution < 1.29 is 19.5 Å². The molecule has 0 aliphatic carbocycles. The molecule has 1 aromatic carbocycles. The van der Waals surface area contributed by atoms with Gasteiger partial charge in [0.25, 0.3) is 11.8 Å². The Balaban J connectivity index is 1.74. The number of aryl methyl sites for hydroxylation is 1. The number of rotatable bonds is 6. The van der Waals surface area contributed by atoms with Gasteiger partial charge in [-0.3, -0.25) is 24.8 Å². The molecule has 2 amide bonds. The van der Waals surface area contributed by atoms with E-state index in [0.717, 1.165) is 0 Å². The molecule has 0 radical (unpaired) electrons. The molecular weight excluding hydrogens is 370 g/mol. The van der Waals surface area contributed by atoms with Crippen LogP contribution in [0.25, 0.3) is 10.6 Å². The fourth-order valence-electron chi connectivity index (χ4n) is 2.26. The summed E-state index contributed by atoms with van der Waals surface area (Å²) in [4.78, 5) is 39.6. The molecule has 9 nitrogen and oxygen atoms in total. The van der Waals surface area contributed by atoms with Gasteiger partial charge in [-0.05, 0) is 25.1 Å². The van der Waals surface area contributed by atoms with Crippen molar-refractivity contribution in [2.45, 2.75) is 6.92 Å². The third-order valence-corrected chi connectivity index (χ3v) is 4.61. The number of carboxylic acids is 1. The van der Waals surface area contributed by atoms with Crippen molar-refractivity contribution in [2.24, 2.45) is 0 Å². The van der Waals surface area contributed by atoms with Crippen LogP contribution in [0.3, 0.4) is 0 Å². The molecule has 0 saturated carbocycles. The number of aromatic amines is 1. The van der Waals surface area contributed by atoms with E-state index in [1.807, 2.05) is 6.07 Å². The van der Waals surface area contributed by atoms with Crippen molar-refractivity contribution >= 4 is 34.3 Å². The SMILES string of the molecule is Cc1nc(NC(=O)c2ccccc2)sc1-c1cc(C(=O)NCC(=O)O)n[nH]1. The number of anilines is 1. The molecule has 0 atom stereocenters. The third kappa shape index (κ3) is 4.36. The number of hydrogen-bond acceptors (Lipinski definition) is 6. The second-order valence-corrected chi connectivity index (χ2v) is 6.50. The number of carboxylic acid groups (broad SMARTS) is 1. The predicted molar refractivity (Wildman–Crippen MR) is 98.8 cm³/mol. The van der Waals surface area contributed by atoms with Crippen molar-refractivity contribution in [1.29, 1.82) is 0 Å². The minimum atomic E-state index is -1.14. The van der Waals surface area contributed by atoms with Crippen LogP contribution in [0.1, 0.15) is 26.5 Å². The molecule has 0 spiro atoms. The van der Waals surface area contributed by atoms with Gasteiger partial charge in [-0.25, -0.2) is 4.98 Å². The molecule has 27 heavy (non-hydrogen) atoms. The Kier molecular flexibility index (Phi) is 5.27. The highest BCUT2D eigenvalue weighted by molar-refractivity contribution is 7.19. The first-order chi connectivity index (χ1) is 12.9. The van der Waals surface area contributed by atoms with Gasteiger partial charge in [0.05, 0.1) is 16.3 Å². The molecule has 0 aliphatic rings. The number of amides is 2. The summed E-state index contributed by atoms with van der Waals surface area (Å²) in [5, 5.41) is 20.6. The van der Waals surface area contributed by atoms with E-state index in [2.05, 4.69) is 25.8 Å². The number of aliphatic carboxylic acids is 1. The van der Waals surface area contributed by atoms with E-state index in [9.17, 15) is 14.4 Å². The maximum atomic E-state index is 12.2. The molecule has 3 aromatic rings. The standard InChI is InChI=1S/C17H15N5O4S/c1-9-14(11-7-12(22-21-11)16(26)18-8-13(23)24)27-17(19-9)20-15(25)10-5-3-2-4-6-10/h2-7H,8H2,1H3,(H,18,26)(H,21,22)(H,23,24)(H,19,20,25). The fraction of sp³-hybridized carbons (Fsp3) is 0.118. The first kappa shape index (κ1) is 18.3. The summed E-state index contributed by atoms with van der Waals surface area (Å²) < 4.78 is 0. The molecule has 0 fully saturated rings. The Bertz CT molecular complexity index is 996. The van der Waals surface area contributed by atoms with Gasteiger partial charge in [0, 0.05) is 5.56 Å². The molecule has 138 valence electrons. The van der Waals surface area contributed by atoms with E-state index < -0.39 is 18.4 Å². The first-order valence-corrected chi connectivity index (χ1v) is 8.65. The van der Waals surface area contributed by atoms with Crippen LogP contribution in [0.2, 0.25) is 0 Å². The fourth-order valence-corrected chi connectivity index (χ4v) is 3.19. The van der Waals surface area contributed by atoms with Crippen LogP contribution in [0.4, 0.5) is 5.13 Å². The number of benzene rings is 1. The summed E-state index contributed by atoms with van der Waals surface area (Å²) in [5.74, 6) is -2.01. The summed E-state index contributed by atoms with van der Waals surface area (Å²) in [7, 11) is 0. The second kappa shape index (κ2) is 7.79. The zero-order chi connectivity index (χ0) is 19.4. The van der Waals surface area contributed by atoms with Crippen LogP contribution in [0, 0.1) is 6.92 Å². The molecule has 0 bridgehead atoms. The quantitative estimate of drug-likeness (QED) is 0.511. The van der Waals surface area contributed by atoms with E-state index in [-0.39, 0.29) is 11.6 Å². The maximum Gasteiger partial charge on any atom is 0.322 e. The van der Waals surface area contributed by atoms with Crippen molar-refractivity contribution in [3.05, 3.63) is 53.3 Å². The van der Waals surface area contributed by atoms with E-state index >= 15 is 0 Å². The van der Waals surface area contributed by atoms with Gasteiger partial charge in [-0.2, -0.15) is 5.10 Å². The normalized spacial score (nSPS) is 10.4. The van der Waals surface area contributed by atoms with Crippen LogP contribution in [-0.2, 0) is 4.79 Å². The minimum absolute atomic E-state index is 0.0638. The highest BCUT2D eigenvalue weighted by atomic mass is 32.1. The van der Waals surface area contributed by atoms with E-state index in [4.69, 9.17) is 5.11 Å². The summed E-state index contributed by atoms with van der Waals surface area (Å²) in [6.07, 6.45) is 0. The average molecular weight is 385 g/mol. The number of carbonyl (C=O) groups excluding carboxylic acids is 2. The van der Waals surface area contributed by atoms with Crippen molar-refractivity contribution in [2.75, 3.05) is 11.9 Å². The van der Waals surface area contributed by atoms with Crippen LogP contribution in [-0.4, -0.2) is 44.6 Å². The van der Waals surface area contributed by atoms with Gasteiger partial charge < -0.3 is 10.4 Å². The Morgan fingerprint density at radius 1 is 1.19 bits per heavy atom. The zero-order valence-electron chi connectivity index (χ0n) is 14.1. The number of nitrogens with zero attached hydrogens (tertiary/aromatic N) is 2. The summed E-state index contributed by atoms with van der Waals surface area (Å²) in [6, 6.07) is 10.3. The predicted octanol–water partition coefficient (Wildman–Crippen LogP) is 1.91. The third-order valence-electron chi connectivity index (χ3n) is 3.51. The Morgan fingerprint density at radius 2 is 1.93 bits per heavy atom. The molecule has 10 heteroatoms. The summed E-state index contributed by atoms with van der Waals surface area (Å²) >= 11 is 1.24. The zero-order valence-corrected chi connectivity index (χ0v) is 15.0. The minimum Gasteiger partial charge on any atom is -0.480 e. The number of carbonyl (C=O) groups is 3. The molecule has 2 aromatic heterocycles. The lowest BCUT2D eigenvalue weighted by atomic mass is 10.2. The van der Waals surface area contributed by atoms with E-state index in [1.165, 1.54) is 17.4 Å². The first-order valence-electron chi connectivity index (χ1n) is 7.83. The van der Waals surface area contributed by atoms with Gasteiger partial charge in [-0.15, -0.1) is 0 Å². The van der Waals surface area contributed by atoms with Crippen molar-refractivity contribution in [3.8, 4) is 10.6 Å². The van der Waals surface area contributed by atoms with E-state index in [0.29, 0.717) is 27.0 Å². The lowest BCUT2D eigenvalue weighted by molar-refractivity contribution is -0.135. The number of aromatic nitrogens is 3. The number of nitrogens with one attached hydrogen (secondary N) is 3. The van der Waals surface area contributed by atoms with Crippen LogP contribution in [0.15, 0.2) is 36.4 Å². The summed E-state index contributed by atoms with van der Waals surface area (Å²) in [6.45, 7) is 1.28. The largest absolute Gasteiger partial charge is 0.480 e. The highest BCUT2D eigenvalue weighted by Gasteiger charge is 2.17.